The first-order chi connectivity index (χ1) is 17.0. The number of aromatic nitrogens is 1. The Morgan fingerprint density at radius 2 is 1.77 bits per heavy atom. The topological polar surface area (TPSA) is 71.5 Å². The number of fused-ring (bicyclic) bond motifs is 1. The lowest BCUT2D eigenvalue weighted by molar-refractivity contribution is -0.116. The molecule has 4 aromatic rings. The van der Waals surface area contributed by atoms with E-state index in [0.717, 1.165) is 27.7 Å². The van der Waals surface area contributed by atoms with E-state index in [9.17, 15) is 9.90 Å². The Kier molecular flexibility index (Phi) is 8.14. The molecular weight excluding hydrogens is 460 g/mol. The molecule has 1 heterocycles. The average Bonchev–Trinajstić information content (AvgIpc) is 2.87. The van der Waals surface area contributed by atoms with Gasteiger partial charge >= 0.3 is 0 Å². The molecule has 0 aliphatic carbocycles. The van der Waals surface area contributed by atoms with Crippen molar-refractivity contribution in [2.75, 3.05) is 6.61 Å². The lowest BCUT2D eigenvalue weighted by Gasteiger charge is -2.15. The van der Waals surface area contributed by atoms with Crippen LogP contribution in [0.4, 0.5) is 0 Å². The van der Waals surface area contributed by atoms with E-state index in [0.29, 0.717) is 29.4 Å². The van der Waals surface area contributed by atoms with Crippen LogP contribution in [0.5, 0.6) is 5.75 Å². The van der Waals surface area contributed by atoms with Crippen LogP contribution in [0, 0.1) is 0 Å². The summed E-state index contributed by atoms with van der Waals surface area (Å²) in [6.07, 6.45) is 2.31. The summed E-state index contributed by atoms with van der Waals surface area (Å²) < 4.78 is 5.94. The largest absolute Gasteiger partial charge is 0.487 e. The number of aliphatic hydroxyl groups excluding tert-OH is 1. The molecule has 35 heavy (non-hydrogen) atoms. The van der Waals surface area contributed by atoms with Crippen LogP contribution < -0.4 is 10.1 Å². The second-order valence-electron chi connectivity index (χ2n) is 8.30. The van der Waals surface area contributed by atoms with Gasteiger partial charge in [0.25, 0.3) is 5.91 Å². The minimum Gasteiger partial charge on any atom is -0.487 e. The molecule has 178 valence electrons. The van der Waals surface area contributed by atoms with Crippen molar-refractivity contribution in [3.8, 4) is 5.75 Å². The summed E-state index contributed by atoms with van der Waals surface area (Å²) in [6.45, 7) is 2.22. The molecule has 0 saturated heterocycles. The number of hydrogen-bond donors (Lipinski definition) is 2. The highest BCUT2D eigenvalue weighted by molar-refractivity contribution is 6.30. The molecule has 0 saturated carbocycles. The maximum absolute atomic E-state index is 13.1. The maximum Gasteiger partial charge on any atom is 0.252 e. The summed E-state index contributed by atoms with van der Waals surface area (Å²) >= 11 is 6.01. The third-order valence-electron chi connectivity index (χ3n) is 5.57. The zero-order valence-corrected chi connectivity index (χ0v) is 20.2. The normalized spacial score (nSPS) is 12.4. The first-order valence-corrected chi connectivity index (χ1v) is 11.9. The monoisotopic (exact) mass is 486 g/mol. The number of pyridine rings is 1. The molecule has 0 bridgehead atoms. The third-order valence-corrected chi connectivity index (χ3v) is 5.83. The molecule has 0 aliphatic heterocycles. The van der Waals surface area contributed by atoms with E-state index < -0.39 is 0 Å². The van der Waals surface area contributed by atoms with Gasteiger partial charge in [0.05, 0.1) is 11.2 Å². The molecule has 1 atom stereocenters. The summed E-state index contributed by atoms with van der Waals surface area (Å²) in [5.74, 6) is 0.471. The molecule has 0 aliphatic rings. The van der Waals surface area contributed by atoms with Crippen LogP contribution in [0.2, 0.25) is 5.02 Å². The highest BCUT2D eigenvalue weighted by Gasteiger charge is 2.15. The van der Waals surface area contributed by atoms with E-state index in [4.69, 9.17) is 16.3 Å². The maximum atomic E-state index is 13.1. The molecule has 0 fully saturated rings. The summed E-state index contributed by atoms with van der Waals surface area (Å²) in [4.78, 5) is 17.7. The van der Waals surface area contributed by atoms with Gasteiger partial charge in [0, 0.05) is 28.6 Å². The van der Waals surface area contributed by atoms with E-state index >= 15 is 0 Å². The molecule has 1 amide bonds. The highest BCUT2D eigenvalue weighted by Crippen LogP contribution is 2.23. The fourth-order valence-electron chi connectivity index (χ4n) is 3.65. The van der Waals surface area contributed by atoms with Crippen molar-refractivity contribution in [1.29, 1.82) is 0 Å². The number of para-hydroxylation sites is 1. The number of halogens is 1. The summed E-state index contributed by atoms with van der Waals surface area (Å²) in [6, 6.07) is 26.5. The van der Waals surface area contributed by atoms with E-state index in [2.05, 4.69) is 10.3 Å². The number of nitrogens with one attached hydrogen (secondary N) is 1. The van der Waals surface area contributed by atoms with Crippen molar-refractivity contribution < 1.29 is 14.6 Å². The number of carbonyl (C=O) groups is 1. The summed E-state index contributed by atoms with van der Waals surface area (Å²) in [7, 11) is 0. The Morgan fingerprint density at radius 3 is 2.51 bits per heavy atom. The van der Waals surface area contributed by atoms with Crippen LogP contribution in [0.15, 0.2) is 84.9 Å². The van der Waals surface area contributed by atoms with Gasteiger partial charge in [-0.05, 0) is 66.9 Å². The van der Waals surface area contributed by atoms with E-state index in [-0.39, 0.29) is 18.6 Å². The Labute approximate surface area is 210 Å². The number of benzene rings is 3. The van der Waals surface area contributed by atoms with Crippen LogP contribution in [0.1, 0.15) is 30.2 Å². The van der Waals surface area contributed by atoms with Crippen molar-refractivity contribution >= 4 is 40.1 Å². The predicted octanol–water partition coefficient (Wildman–Crippen LogP) is 5.89. The standard InChI is InChI=1S/C29H27ClN2O3/c1-20(16-17-33)31-29(34)27(18-21-6-11-24(30)12-7-21)22-9-14-26(15-10-22)35-19-25-13-8-23-4-2-3-5-28(23)32-25/h2-15,18,20,33H,16-17,19H2,1H3,(H,31,34)/t20-/m0/s1. The average molecular weight is 487 g/mol. The Balaban J connectivity index is 1.51. The van der Waals surface area contributed by atoms with Crippen molar-refractivity contribution in [2.24, 2.45) is 0 Å². The summed E-state index contributed by atoms with van der Waals surface area (Å²) in [5, 5.41) is 13.9. The van der Waals surface area contributed by atoms with E-state index in [1.807, 2.05) is 85.8 Å². The first kappa shape index (κ1) is 24.5. The second kappa shape index (κ2) is 11.6. The SMILES string of the molecule is C[C@@H](CCO)NC(=O)C(=Cc1ccc(Cl)cc1)c1ccc(OCc2ccc3ccccc3n2)cc1. The predicted molar refractivity (Wildman–Crippen MR) is 141 cm³/mol. The minimum atomic E-state index is -0.213. The molecular formula is C29H27ClN2O3. The van der Waals surface area contributed by atoms with Crippen molar-refractivity contribution in [3.05, 3.63) is 107 Å². The number of ether oxygens (including phenoxy) is 1. The fourth-order valence-corrected chi connectivity index (χ4v) is 3.78. The molecule has 2 N–H and O–H groups in total. The van der Waals surface area contributed by atoms with Crippen LogP contribution in [-0.4, -0.2) is 28.6 Å². The molecule has 0 unspecified atom stereocenters. The zero-order chi connectivity index (χ0) is 24.6. The van der Waals surface area contributed by atoms with Gasteiger partial charge < -0.3 is 15.2 Å². The highest BCUT2D eigenvalue weighted by atomic mass is 35.5. The number of hydrogen-bond acceptors (Lipinski definition) is 4. The molecule has 0 spiro atoms. The van der Waals surface area contributed by atoms with Gasteiger partial charge in [0.2, 0.25) is 0 Å². The third kappa shape index (κ3) is 6.69. The van der Waals surface area contributed by atoms with Gasteiger partial charge in [-0.25, -0.2) is 4.98 Å². The van der Waals surface area contributed by atoms with Gasteiger partial charge in [-0.1, -0.05) is 60.1 Å². The van der Waals surface area contributed by atoms with Gasteiger partial charge in [-0.3, -0.25) is 4.79 Å². The summed E-state index contributed by atoms with van der Waals surface area (Å²) in [5.41, 5.74) is 3.90. The number of nitrogens with zero attached hydrogens (tertiary/aromatic N) is 1. The lowest BCUT2D eigenvalue weighted by Crippen LogP contribution is -2.33. The van der Waals surface area contributed by atoms with E-state index in [1.165, 1.54) is 0 Å². The Hall–Kier alpha value is -3.67. The van der Waals surface area contributed by atoms with Crippen LogP contribution in [0.25, 0.3) is 22.6 Å². The second-order valence-corrected chi connectivity index (χ2v) is 8.74. The van der Waals surface area contributed by atoms with Crippen molar-refractivity contribution in [3.63, 3.8) is 0 Å². The van der Waals surface area contributed by atoms with Gasteiger partial charge in [-0.15, -0.1) is 0 Å². The molecule has 0 radical (unpaired) electrons. The Bertz CT molecular complexity index is 1320. The molecule has 5 nitrogen and oxygen atoms in total. The van der Waals surface area contributed by atoms with Crippen molar-refractivity contribution in [2.45, 2.75) is 26.0 Å². The number of aliphatic hydroxyl groups is 1. The Morgan fingerprint density at radius 1 is 1.03 bits per heavy atom. The molecule has 6 heteroatoms. The molecule has 3 aromatic carbocycles. The zero-order valence-electron chi connectivity index (χ0n) is 19.4. The molecule has 4 rings (SSSR count). The smallest absolute Gasteiger partial charge is 0.252 e. The lowest BCUT2D eigenvalue weighted by atomic mass is 10.0. The van der Waals surface area contributed by atoms with E-state index in [1.54, 1.807) is 12.1 Å². The minimum absolute atomic E-state index is 0.00970. The fraction of sp³-hybridized carbons (Fsp3) is 0.172. The number of rotatable bonds is 9. The van der Waals surface area contributed by atoms with Crippen LogP contribution >= 0.6 is 11.6 Å². The van der Waals surface area contributed by atoms with Crippen LogP contribution in [-0.2, 0) is 11.4 Å². The number of amides is 1. The molecule has 1 aromatic heterocycles. The van der Waals surface area contributed by atoms with Gasteiger partial charge in [0.15, 0.2) is 0 Å². The van der Waals surface area contributed by atoms with Crippen LogP contribution in [0.3, 0.4) is 0 Å². The van der Waals surface area contributed by atoms with Gasteiger partial charge in [-0.2, -0.15) is 0 Å². The van der Waals surface area contributed by atoms with Gasteiger partial charge in [0.1, 0.15) is 12.4 Å². The number of carbonyl (C=O) groups excluding carboxylic acids is 1. The first-order valence-electron chi connectivity index (χ1n) is 11.5. The van der Waals surface area contributed by atoms with Crippen molar-refractivity contribution in [1.82, 2.24) is 10.3 Å². The quantitative estimate of drug-likeness (QED) is 0.228.